The molecule has 0 spiro atoms. The van der Waals surface area contributed by atoms with Gasteiger partial charge in [0.1, 0.15) is 0 Å². The maximum absolute atomic E-state index is 12.0. The van der Waals surface area contributed by atoms with Crippen LogP contribution in [0.5, 0.6) is 0 Å². The van der Waals surface area contributed by atoms with E-state index in [0.717, 1.165) is 25.8 Å². The molecule has 0 fully saturated rings. The zero-order valence-corrected chi connectivity index (χ0v) is 15.3. The summed E-state index contributed by atoms with van der Waals surface area (Å²) in [5.74, 6) is -0.288. The van der Waals surface area contributed by atoms with Gasteiger partial charge in [0, 0.05) is 30.6 Å². The van der Waals surface area contributed by atoms with Gasteiger partial charge in [-0.05, 0) is 43.0 Å². The lowest BCUT2D eigenvalue weighted by Gasteiger charge is -2.05. The molecule has 0 aliphatic carbocycles. The van der Waals surface area contributed by atoms with Gasteiger partial charge >= 0.3 is 0 Å². The summed E-state index contributed by atoms with van der Waals surface area (Å²) in [7, 11) is 0. The van der Waals surface area contributed by atoms with E-state index in [4.69, 9.17) is 11.1 Å². The van der Waals surface area contributed by atoms with Gasteiger partial charge in [-0.2, -0.15) is 0 Å². The Morgan fingerprint density at radius 2 is 1.74 bits per heavy atom. The fourth-order valence-electron chi connectivity index (χ4n) is 2.49. The van der Waals surface area contributed by atoms with Crippen LogP contribution < -0.4 is 16.4 Å². The van der Waals surface area contributed by atoms with Gasteiger partial charge < -0.3 is 21.8 Å². The number of rotatable bonds is 10. The number of hydrogen-bond acceptors (Lipinski definition) is 4. The fraction of sp³-hybridized carbons (Fsp3) is 0.182. The number of allylic oxidation sites excluding steroid dienone is 2. The standard InChI is InChI=1S/C22H26N4O/c23-16-19(13-14-22(27)26-21-12-5-4-11-20(21)24)17-25-15-7-6-10-18-8-2-1-3-9-18/h1-5,8-9,11-14,16-17,23,25H,6-7,10,15,24H2,(H,26,27)/b14-13+,19-17-,23-16?. The number of carbonyl (C=O) groups is 1. The SMILES string of the molecule is N=CC(=C\NCCCCc1ccccc1)/C=C/C(=O)Nc1ccccc1N. The van der Waals surface area contributed by atoms with Gasteiger partial charge in [-0.15, -0.1) is 0 Å². The van der Waals surface area contributed by atoms with Crippen LogP contribution in [0.25, 0.3) is 0 Å². The summed E-state index contributed by atoms with van der Waals surface area (Å²) in [5, 5.41) is 13.4. The lowest BCUT2D eigenvalue weighted by Crippen LogP contribution is -2.10. The zero-order chi connectivity index (χ0) is 19.3. The average Bonchev–Trinajstić information content (AvgIpc) is 2.69. The van der Waals surface area contributed by atoms with Crippen LogP contribution in [0.2, 0.25) is 0 Å². The number of benzene rings is 2. The first-order chi connectivity index (χ1) is 13.2. The first-order valence-electron chi connectivity index (χ1n) is 9.00. The predicted octanol–water partition coefficient (Wildman–Crippen LogP) is 3.91. The minimum atomic E-state index is -0.288. The van der Waals surface area contributed by atoms with Crippen LogP contribution in [0.1, 0.15) is 18.4 Å². The van der Waals surface area contributed by atoms with Crippen LogP contribution in [-0.2, 0) is 11.2 Å². The second-order valence-corrected chi connectivity index (χ2v) is 6.10. The molecule has 0 unspecified atom stereocenters. The Balaban J connectivity index is 1.71. The number of carbonyl (C=O) groups excluding carboxylic acids is 1. The van der Waals surface area contributed by atoms with Crippen LogP contribution in [0.3, 0.4) is 0 Å². The molecule has 0 aliphatic heterocycles. The normalized spacial score (nSPS) is 11.3. The quantitative estimate of drug-likeness (QED) is 0.170. The van der Waals surface area contributed by atoms with Crippen molar-refractivity contribution in [3.8, 4) is 0 Å². The summed E-state index contributed by atoms with van der Waals surface area (Å²) in [5.41, 5.74) is 8.85. The third-order valence-electron chi connectivity index (χ3n) is 3.96. The van der Waals surface area contributed by atoms with E-state index < -0.39 is 0 Å². The smallest absolute Gasteiger partial charge is 0.248 e. The number of nitrogens with two attached hydrogens (primary N) is 1. The van der Waals surface area contributed by atoms with Gasteiger partial charge in [-0.25, -0.2) is 0 Å². The molecule has 2 rings (SSSR count). The Morgan fingerprint density at radius 1 is 1.00 bits per heavy atom. The van der Waals surface area contributed by atoms with Crippen LogP contribution in [0.15, 0.2) is 78.5 Å². The Kier molecular flexibility index (Phi) is 8.37. The van der Waals surface area contributed by atoms with E-state index in [1.54, 1.807) is 30.5 Å². The van der Waals surface area contributed by atoms with E-state index in [2.05, 4.69) is 34.9 Å². The van der Waals surface area contributed by atoms with Crippen molar-refractivity contribution in [3.63, 3.8) is 0 Å². The molecule has 5 heteroatoms. The predicted molar refractivity (Wildman–Crippen MR) is 113 cm³/mol. The van der Waals surface area contributed by atoms with Gasteiger partial charge in [0.05, 0.1) is 11.4 Å². The number of hydrogen-bond donors (Lipinski definition) is 4. The minimum Gasteiger partial charge on any atom is -0.397 e. The highest BCUT2D eigenvalue weighted by Crippen LogP contribution is 2.16. The third kappa shape index (κ3) is 7.61. The van der Waals surface area contributed by atoms with Crippen LogP contribution in [-0.4, -0.2) is 18.7 Å². The topological polar surface area (TPSA) is 91.0 Å². The lowest BCUT2D eigenvalue weighted by molar-refractivity contribution is -0.111. The molecule has 2 aromatic rings. The van der Waals surface area contributed by atoms with Crippen molar-refractivity contribution in [2.75, 3.05) is 17.6 Å². The molecular formula is C22H26N4O. The molecule has 2 aromatic carbocycles. The summed E-state index contributed by atoms with van der Waals surface area (Å²) < 4.78 is 0. The van der Waals surface area contributed by atoms with Crippen molar-refractivity contribution >= 4 is 23.5 Å². The third-order valence-corrected chi connectivity index (χ3v) is 3.96. The summed E-state index contributed by atoms with van der Waals surface area (Å²) in [4.78, 5) is 12.0. The monoisotopic (exact) mass is 362 g/mol. The van der Waals surface area contributed by atoms with E-state index >= 15 is 0 Å². The van der Waals surface area contributed by atoms with Gasteiger partial charge in [-0.3, -0.25) is 4.79 Å². The molecule has 0 bridgehead atoms. The van der Waals surface area contributed by atoms with Crippen molar-refractivity contribution in [3.05, 3.63) is 84.1 Å². The molecule has 0 heterocycles. The highest BCUT2D eigenvalue weighted by Gasteiger charge is 2.01. The molecule has 1 amide bonds. The fourth-order valence-corrected chi connectivity index (χ4v) is 2.49. The summed E-state index contributed by atoms with van der Waals surface area (Å²) in [6.45, 7) is 0.824. The molecular weight excluding hydrogens is 336 g/mol. The maximum atomic E-state index is 12.0. The van der Waals surface area contributed by atoms with Crippen molar-refractivity contribution in [2.45, 2.75) is 19.3 Å². The van der Waals surface area contributed by atoms with Crippen molar-refractivity contribution in [1.82, 2.24) is 5.32 Å². The highest BCUT2D eigenvalue weighted by atomic mass is 16.1. The number of nitrogens with one attached hydrogen (secondary N) is 3. The van der Waals surface area contributed by atoms with Gasteiger partial charge in [0.2, 0.25) is 5.91 Å². The average molecular weight is 362 g/mol. The number of anilines is 2. The van der Waals surface area contributed by atoms with Crippen LogP contribution >= 0.6 is 0 Å². The molecule has 5 N–H and O–H groups in total. The maximum Gasteiger partial charge on any atom is 0.248 e. The van der Waals surface area contributed by atoms with Gasteiger partial charge in [0.25, 0.3) is 0 Å². The number of aryl methyl sites for hydroxylation is 1. The summed E-state index contributed by atoms with van der Waals surface area (Å²) >= 11 is 0. The van der Waals surface area contributed by atoms with E-state index in [0.29, 0.717) is 16.9 Å². The first-order valence-corrected chi connectivity index (χ1v) is 9.00. The molecule has 0 saturated carbocycles. The Morgan fingerprint density at radius 3 is 2.48 bits per heavy atom. The Bertz CT molecular complexity index is 797. The van der Waals surface area contributed by atoms with E-state index in [-0.39, 0.29) is 5.91 Å². The number of amides is 1. The molecule has 27 heavy (non-hydrogen) atoms. The molecule has 0 aliphatic rings. The summed E-state index contributed by atoms with van der Waals surface area (Å²) in [6, 6.07) is 17.5. The van der Waals surface area contributed by atoms with E-state index in [1.165, 1.54) is 17.9 Å². The van der Waals surface area contributed by atoms with Gasteiger partial charge in [-0.1, -0.05) is 42.5 Å². The summed E-state index contributed by atoms with van der Waals surface area (Å²) in [6.07, 6.45) is 9.13. The van der Waals surface area contributed by atoms with Crippen molar-refractivity contribution in [1.29, 1.82) is 5.41 Å². The van der Waals surface area contributed by atoms with Crippen LogP contribution in [0.4, 0.5) is 11.4 Å². The lowest BCUT2D eigenvalue weighted by atomic mass is 10.1. The van der Waals surface area contributed by atoms with Gasteiger partial charge in [0.15, 0.2) is 0 Å². The largest absolute Gasteiger partial charge is 0.397 e. The van der Waals surface area contributed by atoms with Crippen molar-refractivity contribution in [2.24, 2.45) is 0 Å². The first kappa shape index (κ1) is 20.0. The van der Waals surface area contributed by atoms with E-state index in [9.17, 15) is 4.79 Å². The molecule has 0 aromatic heterocycles. The Hall–Kier alpha value is -3.34. The molecule has 0 saturated heterocycles. The molecule has 0 atom stereocenters. The number of unbranched alkanes of at least 4 members (excludes halogenated alkanes) is 1. The Labute approximate surface area is 160 Å². The van der Waals surface area contributed by atoms with Crippen LogP contribution in [0, 0.1) is 5.41 Å². The van der Waals surface area contributed by atoms with E-state index in [1.807, 2.05) is 12.1 Å². The molecule has 5 nitrogen and oxygen atoms in total. The minimum absolute atomic E-state index is 0.288. The van der Waals surface area contributed by atoms with Crippen molar-refractivity contribution < 1.29 is 4.79 Å². The molecule has 0 radical (unpaired) electrons. The second-order valence-electron chi connectivity index (χ2n) is 6.10. The highest BCUT2D eigenvalue weighted by molar-refractivity contribution is 6.02. The second kappa shape index (κ2) is 11.3. The zero-order valence-electron chi connectivity index (χ0n) is 15.3. The number of nitrogen functional groups attached to an aromatic ring is 1. The molecule has 140 valence electrons. The number of para-hydroxylation sites is 2.